The number of amides is 1. The number of carbonyl (C=O) groups excluding carboxylic acids is 1. The van der Waals surface area contributed by atoms with Crippen LogP contribution in [0.2, 0.25) is 0 Å². The standard InChI is InChI=1S/C11H17N3O3/c1-17-8-6-14(5-7-15)11(16)10-9(12)3-2-4-13-10/h2-4,15H,5-8,12H2,1H3. The Labute approximate surface area is 100 Å². The largest absolute Gasteiger partial charge is 0.397 e. The molecule has 0 aliphatic rings. The normalized spacial score (nSPS) is 10.2. The van der Waals surface area contributed by atoms with E-state index >= 15 is 0 Å². The van der Waals surface area contributed by atoms with E-state index in [-0.39, 0.29) is 24.8 Å². The Morgan fingerprint density at radius 2 is 2.35 bits per heavy atom. The van der Waals surface area contributed by atoms with Crippen LogP contribution >= 0.6 is 0 Å². The summed E-state index contributed by atoms with van der Waals surface area (Å²) in [6, 6.07) is 3.28. The fourth-order valence-corrected chi connectivity index (χ4v) is 1.38. The molecule has 94 valence electrons. The first-order valence-electron chi connectivity index (χ1n) is 5.30. The number of pyridine rings is 1. The first kappa shape index (κ1) is 13.4. The van der Waals surface area contributed by atoms with E-state index in [1.165, 1.54) is 11.1 Å². The molecule has 6 nitrogen and oxygen atoms in total. The summed E-state index contributed by atoms with van der Waals surface area (Å²) >= 11 is 0. The Bertz CT molecular complexity index is 371. The maximum Gasteiger partial charge on any atom is 0.274 e. The van der Waals surface area contributed by atoms with Crippen molar-refractivity contribution < 1.29 is 14.6 Å². The molecule has 0 aromatic carbocycles. The van der Waals surface area contributed by atoms with Crippen LogP contribution in [0.3, 0.4) is 0 Å². The van der Waals surface area contributed by atoms with E-state index in [1.54, 1.807) is 19.2 Å². The highest BCUT2D eigenvalue weighted by atomic mass is 16.5. The lowest BCUT2D eigenvalue weighted by Crippen LogP contribution is -2.37. The second-order valence-corrected chi connectivity index (χ2v) is 3.45. The number of anilines is 1. The summed E-state index contributed by atoms with van der Waals surface area (Å²) in [4.78, 5) is 17.5. The van der Waals surface area contributed by atoms with Gasteiger partial charge >= 0.3 is 0 Å². The average Bonchev–Trinajstić information content (AvgIpc) is 2.34. The molecule has 1 amide bonds. The maximum atomic E-state index is 12.1. The van der Waals surface area contributed by atoms with Crippen molar-refractivity contribution in [1.82, 2.24) is 9.88 Å². The van der Waals surface area contributed by atoms with Crippen molar-refractivity contribution in [3.63, 3.8) is 0 Å². The number of aliphatic hydroxyl groups is 1. The van der Waals surface area contributed by atoms with Crippen molar-refractivity contribution in [2.45, 2.75) is 0 Å². The second-order valence-electron chi connectivity index (χ2n) is 3.45. The summed E-state index contributed by atoms with van der Waals surface area (Å²) in [5.74, 6) is -0.297. The predicted molar refractivity (Wildman–Crippen MR) is 63.5 cm³/mol. The summed E-state index contributed by atoms with van der Waals surface area (Å²) in [5.41, 5.74) is 6.22. The van der Waals surface area contributed by atoms with E-state index in [2.05, 4.69) is 4.98 Å². The number of nitrogen functional groups attached to an aromatic ring is 1. The van der Waals surface area contributed by atoms with Gasteiger partial charge in [-0.05, 0) is 12.1 Å². The van der Waals surface area contributed by atoms with Gasteiger partial charge in [0.15, 0.2) is 5.69 Å². The van der Waals surface area contributed by atoms with Crippen molar-refractivity contribution >= 4 is 11.6 Å². The lowest BCUT2D eigenvalue weighted by Gasteiger charge is -2.21. The lowest BCUT2D eigenvalue weighted by molar-refractivity contribution is 0.0652. The molecule has 0 saturated heterocycles. The summed E-state index contributed by atoms with van der Waals surface area (Å²) in [7, 11) is 1.55. The third kappa shape index (κ3) is 3.69. The Morgan fingerprint density at radius 1 is 1.59 bits per heavy atom. The van der Waals surface area contributed by atoms with Gasteiger partial charge in [0, 0.05) is 26.4 Å². The summed E-state index contributed by atoms with van der Waals surface area (Å²) in [6.45, 7) is 0.921. The van der Waals surface area contributed by atoms with Crippen molar-refractivity contribution in [3.8, 4) is 0 Å². The topological polar surface area (TPSA) is 88.7 Å². The monoisotopic (exact) mass is 239 g/mol. The van der Waals surface area contributed by atoms with Gasteiger partial charge in [0.1, 0.15) is 0 Å². The van der Waals surface area contributed by atoms with E-state index in [0.29, 0.717) is 18.8 Å². The highest BCUT2D eigenvalue weighted by Gasteiger charge is 2.18. The maximum absolute atomic E-state index is 12.1. The van der Waals surface area contributed by atoms with Crippen molar-refractivity contribution in [2.75, 3.05) is 39.1 Å². The Kier molecular flexibility index (Phi) is 5.38. The van der Waals surface area contributed by atoms with Gasteiger partial charge in [-0.3, -0.25) is 4.79 Å². The van der Waals surface area contributed by atoms with E-state index in [0.717, 1.165) is 0 Å². The van der Waals surface area contributed by atoms with Crippen LogP contribution < -0.4 is 5.73 Å². The van der Waals surface area contributed by atoms with Crippen LogP contribution in [0.15, 0.2) is 18.3 Å². The summed E-state index contributed by atoms with van der Waals surface area (Å²) < 4.78 is 4.91. The Morgan fingerprint density at radius 3 is 2.94 bits per heavy atom. The number of ether oxygens (including phenoxy) is 1. The second kappa shape index (κ2) is 6.82. The summed E-state index contributed by atoms with van der Waals surface area (Å²) in [6.07, 6.45) is 1.51. The fourth-order valence-electron chi connectivity index (χ4n) is 1.38. The molecule has 0 unspecified atom stereocenters. The minimum absolute atomic E-state index is 0.109. The predicted octanol–water partition coefficient (Wildman–Crippen LogP) is -0.255. The molecule has 3 N–H and O–H groups in total. The molecule has 17 heavy (non-hydrogen) atoms. The van der Waals surface area contributed by atoms with Crippen LogP contribution in [0.1, 0.15) is 10.5 Å². The van der Waals surface area contributed by atoms with Crippen molar-refractivity contribution in [2.24, 2.45) is 0 Å². The zero-order valence-electron chi connectivity index (χ0n) is 9.80. The molecular formula is C11H17N3O3. The quantitative estimate of drug-likeness (QED) is 0.714. The number of aliphatic hydroxyl groups excluding tert-OH is 1. The molecular weight excluding hydrogens is 222 g/mol. The van der Waals surface area contributed by atoms with Gasteiger partial charge in [0.2, 0.25) is 0 Å². The van der Waals surface area contributed by atoms with Gasteiger partial charge in [-0.1, -0.05) is 0 Å². The number of hydrogen-bond donors (Lipinski definition) is 2. The lowest BCUT2D eigenvalue weighted by atomic mass is 10.2. The number of nitrogens with two attached hydrogens (primary N) is 1. The molecule has 1 aromatic heterocycles. The summed E-state index contributed by atoms with van der Waals surface area (Å²) in [5, 5.41) is 8.91. The minimum Gasteiger partial charge on any atom is -0.397 e. The minimum atomic E-state index is -0.297. The SMILES string of the molecule is COCCN(CCO)C(=O)c1ncccc1N. The van der Waals surface area contributed by atoms with Gasteiger partial charge in [0.05, 0.1) is 18.9 Å². The third-order valence-electron chi connectivity index (χ3n) is 2.26. The first-order chi connectivity index (χ1) is 8.20. The smallest absolute Gasteiger partial charge is 0.274 e. The van der Waals surface area contributed by atoms with Crippen LogP contribution in [0.4, 0.5) is 5.69 Å². The van der Waals surface area contributed by atoms with Crippen LogP contribution in [-0.2, 0) is 4.74 Å². The molecule has 1 aromatic rings. The van der Waals surface area contributed by atoms with Crippen LogP contribution in [-0.4, -0.2) is 54.3 Å². The number of hydrogen-bond acceptors (Lipinski definition) is 5. The number of nitrogens with zero attached hydrogens (tertiary/aromatic N) is 2. The van der Waals surface area contributed by atoms with Gasteiger partial charge < -0.3 is 20.5 Å². The first-order valence-corrected chi connectivity index (χ1v) is 5.30. The Hall–Kier alpha value is -1.66. The van der Waals surface area contributed by atoms with Crippen LogP contribution in [0.5, 0.6) is 0 Å². The molecule has 0 saturated carbocycles. The van der Waals surface area contributed by atoms with Crippen LogP contribution in [0, 0.1) is 0 Å². The van der Waals surface area contributed by atoms with Gasteiger partial charge in [-0.25, -0.2) is 4.98 Å². The zero-order chi connectivity index (χ0) is 12.7. The molecule has 0 aliphatic carbocycles. The van der Waals surface area contributed by atoms with E-state index < -0.39 is 0 Å². The molecule has 0 radical (unpaired) electrons. The fraction of sp³-hybridized carbons (Fsp3) is 0.455. The van der Waals surface area contributed by atoms with Gasteiger partial charge in [0.25, 0.3) is 5.91 Å². The number of methoxy groups -OCH3 is 1. The van der Waals surface area contributed by atoms with Gasteiger partial charge in [-0.2, -0.15) is 0 Å². The Balaban J connectivity index is 2.80. The van der Waals surface area contributed by atoms with Crippen LogP contribution in [0.25, 0.3) is 0 Å². The molecule has 0 aliphatic heterocycles. The molecule has 0 spiro atoms. The number of aromatic nitrogens is 1. The van der Waals surface area contributed by atoms with E-state index in [9.17, 15) is 4.79 Å². The molecule has 6 heteroatoms. The van der Waals surface area contributed by atoms with Gasteiger partial charge in [-0.15, -0.1) is 0 Å². The molecule has 0 bridgehead atoms. The molecule has 1 rings (SSSR count). The number of rotatable bonds is 6. The van der Waals surface area contributed by atoms with Crippen molar-refractivity contribution in [1.29, 1.82) is 0 Å². The van der Waals surface area contributed by atoms with E-state index in [1.807, 2.05) is 0 Å². The third-order valence-corrected chi connectivity index (χ3v) is 2.26. The zero-order valence-corrected chi connectivity index (χ0v) is 9.80. The van der Waals surface area contributed by atoms with Crippen molar-refractivity contribution in [3.05, 3.63) is 24.0 Å². The highest BCUT2D eigenvalue weighted by molar-refractivity contribution is 5.97. The number of carbonyl (C=O) groups is 1. The highest BCUT2D eigenvalue weighted by Crippen LogP contribution is 2.10. The van der Waals surface area contributed by atoms with E-state index in [4.69, 9.17) is 15.6 Å². The average molecular weight is 239 g/mol. The molecule has 0 fully saturated rings. The molecule has 0 atom stereocenters. The molecule has 1 heterocycles.